The summed E-state index contributed by atoms with van der Waals surface area (Å²) < 4.78 is 0. The Morgan fingerprint density at radius 3 is 2.39 bits per heavy atom. The second-order valence-electron chi connectivity index (χ2n) is 4.76. The Kier molecular flexibility index (Phi) is 2.29. The van der Waals surface area contributed by atoms with Gasteiger partial charge in [0.15, 0.2) is 5.78 Å². The number of nitrogens with zero attached hydrogens (tertiary/aromatic N) is 2. The molecule has 0 radical (unpaired) electrons. The van der Waals surface area contributed by atoms with Crippen molar-refractivity contribution in [2.45, 2.75) is 25.9 Å². The average molecular weight is 244 g/mol. The summed E-state index contributed by atoms with van der Waals surface area (Å²) in [6.45, 7) is 1.85. The van der Waals surface area contributed by atoms with E-state index in [1.165, 1.54) is 0 Å². The quantitative estimate of drug-likeness (QED) is 0.774. The van der Waals surface area contributed by atoms with E-state index in [-0.39, 0.29) is 11.7 Å². The molecule has 1 aromatic rings. The van der Waals surface area contributed by atoms with E-state index >= 15 is 0 Å². The van der Waals surface area contributed by atoms with Crippen LogP contribution in [0.4, 0.5) is 0 Å². The van der Waals surface area contributed by atoms with Gasteiger partial charge in [0.25, 0.3) is 0 Å². The monoisotopic (exact) mass is 244 g/mol. The Morgan fingerprint density at radius 2 is 1.83 bits per heavy atom. The molecular formula is C13H12N2O3. The van der Waals surface area contributed by atoms with E-state index in [1.807, 2.05) is 6.92 Å². The van der Waals surface area contributed by atoms with Gasteiger partial charge in [-0.3, -0.25) is 4.79 Å². The summed E-state index contributed by atoms with van der Waals surface area (Å²) >= 11 is 0. The highest BCUT2D eigenvalue weighted by molar-refractivity contribution is 6.00. The minimum absolute atomic E-state index is 0.143. The lowest BCUT2D eigenvalue weighted by molar-refractivity contribution is -0.138. The number of ketones is 1. The molecule has 2 aliphatic rings. The Labute approximate surface area is 103 Å². The van der Waals surface area contributed by atoms with Gasteiger partial charge >= 0.3 is 5.97 Å². The van der Waals surface area contributed by atoms with Crippen molar-refractivity contribution >= 4 is 11.8 Å². The highest BCUT2D eigenvalue weighted by atomic mass is 16.4. The van der Waals surface area contributed by atoms with Gasteiger partial charge in [-0.1, -0.05) is 0 Å². The number of Topliss-reactive ketones (excluding diaryl/α,β-unsaturated/α-hetero) is 1. The highest BCUT2D eigenvalue weighted by Crippen LogP contribution is 2.32. The van der Waals surface area contributed by atoms with Gasteiger partial charge in [0.2, 0.25) is 6.17 Å². The predicted molar refractivity (Wildman–Crippen MR) is 62.0 cm³/mol. The zero-order valence-corrected chi connectivity index (χ0v) is 9.88. The molecule has 1 aromatic carbocycles. The minimum atomic E-state index is -1.07. The first-order chi connectivity index (χ1) is 8.56. The summed E-state index contributed by atoms with van der Waals surface area (Å²) in [5.74, 6) is -0.779. The molecule has 1 aliphatic heterocycles. The molecule has 5 heteroatoms. The van der Waals surface area contributed by atoms with Crippen LogP contribution < -0.4 is 10.7 Å². The number of carboxylic acids is 1. The first-order valence-electron chi connectivity index (χ1n) is 5.89. The Hall–Kier alpha value is -2.04. The fourth-order valence-electron chi connectivity index (χ4n) is 2.12. The fourth-order valence-corrected chi connectivity index (χ4v) is 2.12. The van der Waals surface area contributed by atoms with E-state index in [9.17, 15) is 9.59 Å². The predicted octanol–water partition coefficient (Wildman–Crippen LogP) is 0.251. The fraction of sp³-hybridized carbons (Fsp3) is 0.385. The highest BCUT2D eigenvalue weighted by Gasteiger charge is 2.31. The van der Waals surface area contributed by atoms with Crippen molar-refractivity contribution < 1.29 is 14.7 Å². The van der Waals surface area contributed by atoms with Crippen molar-refractivity contribution in [1.82, 2.24) is 0 Å². The van der Waals surface area contributed by atoms with E-state index in [2.05, 4.69) is 9.98 Å². The maximum atomic E-state index is 12.1. The van der Waals surface area contributed by atoms with Crippen LogP contribution in [0.5, 0.6) is 0 Å². The Morgan fingerprint density at radius 1 is 1.22 bits per heavy atom. The zero-order chi connectivity index (χ0) is 12.9. The van der Waals surface area contributed by atoms with E-state index < -0.39 is 12.1 Å². The first kappa shape index (κ1) is 11.1. The summed E-state index contributed by atoms with van der Waals surface area (Å²) in [5.41, 5.74) is 1.50. The average Bonchev–Trinajstić information content (AvgIpc) is 3.08. The topological polar surface area (TPSA) is 79.1 Å². The van der Waals surface area contributed by atoms with E-state index in [4.69, 9.17) is 5.11 Å². The van der Waals surface area contributed by atoms with Crippen molar-refractivity contribution in [2.75, 3.05) is 0 Å². The number of carbonyl (C=O) groups is 2. The van der Waals surface area contributed by atoms with Gasteiger partial charge in [0.1, 0.15) is 0 Å². The van der Waals surface area contributed by atoms with Gasteiger partial charge in [0, 0.05) is 11.5 Å². The molecule has 1 heterocycles. The van der Waals surface area contributed by atoms with Gasteiger partial charge in [-0.05, 0) is 37.5 Å². The van der Waals surface area contributed by atoms with Crippen LogP contribution in [0.1, 0.15) is 28.8 Å². The number of carboxylic acid groups (broad SMARTS) is 1. The molecule has 1 aliphatic carbocycles. The minimum Gasteiger partial charge on any atom is -0.478 e. The van der Waals surface area contributed by atoms with Crippen LogP contribution in [-0.4, -0.2) is 23.0 Å². The third kappa shape index (κ3) is 1.72. The van der Waals surface area contributed by atoms with Crippen LogP contribution >= 0.6 is 0 Å². The second-order valence-corrected chi connectivity index (χ2v) is 4.76. The smallest absolute Gasteiger partial charge is 0.351 e. The summed E-state index contributed by atoms with van der Waals surface area (Å²) in [5, 5.41) is 9.95. The lowest BCUT2D eigenvalue weighted by Gasteiger charge is -2.02. The van der Waals surface area contributed by atoms with Crippen molar-refractivity contribution in [3.05, 3.63) is 34.0 Å². The molecule has 3 rings (SSSR count). The van der Waals surface area contributed by atoms with Crippen molar-refractivity contribution in [1.29, 1.82) is 0 Å². The maximum Gasteiger partial charge on any atom is 0.351 e. The molecule has 0 spiro atoms. The summed E-state index contributed by atoms with van der Waals surface area (Å²) in [7, 11) is 0. The normalized spacial score (nSPS) is 20.8. The number of aliphatic carboxylic acids is 1. The van der Waals surface area contributed by atoms with Crippen LogP contribution in [-0.2, 0) is 4.79 Å². The van der Waals surface area contributed by atoms with E-state index in [1.54, 1.807) is 12.1 Å². The van der Waals surface area contributed by atoms with Gasteiger partial charge in [-0.2, -0.15) is 0 Å². The standard InChI is InChI=1S/C13H12N2O3/c1-6-4-9-10(15-12(14-9)13(17)18)5-8(6)11(16)7-2-3-7/h4-5,7,12H,2-3H2,1H3,(H,17,18). The van der Waals surface area contributed by atoms with Gasteiger partial charge in [-0.15, -0.1) is 0 Å². The maximum absolute atomic E-state index is 12.1. The Bertz CT molecular complexity index is 674. The third-order valence-corrected chi connectivity index (χ3v) is 3.28. The van der Waals surface area contributed by atoms with Gasteiger partial charge in [0.05, 0.1) is 10.7 Å². The number of benzene rings is 1. The van der Waals surface area contributed by atoms with Crippen molar-refractivity contribution in [2.24, 2.45) is 15.9 Å². The molecule has 1 N–H and O–H groups in total. The van der Waals surface area contributed by atoms with E-state index in [0.717, 1.165) is 18.4 Å². The molecule has 0 amide bonds. The summed E-state index contributed by atoms with van der Waals surface area (Å²) in [4.78, 5) is 30.9. The molecule has 1 unspecified atom stereocenters. The third-order valence-electron chi connectivity index (χ3n) is 3.28. The number of carbonyl (C=O) groups excluding carboxylic acids is 1. The van der Waals surface area contributed by atoms with Crippen LogP contribution in [0.25, 0.3) is 0 Å². The molecule has 92 valence electrons. The molecule has 5 nitrogen and oxygen atoms in total. The molecule has 1 atom stereocenters. The van der Waals surface area contributed by atoms with Crippen LogP contribution in [0, 0.1) is 12.8 Å². The molecule has 1 saturated carbocycles. The SMILES string of the molecule is Cc1cc2c(cc1C(=O)C1CC1)=NC(C(=O)O)N=2. The number of rotatable bonds is 3. The molecule has 0 bridgehead atoms. The van der Waals surface area contributed by atoms with Crippen LogP contribution in [0.15, 0.2) is 22.1 Å². The molecule has 0 saturated heterocycles. The van der Waals surface area contributed by atoms with Gasteiger partial charge in [-0.25, -0.2) is 14.8 Å². The molecular weight excluding hydrogens is 232 g/mol. The summed E-state index contributed by atoms with van der Waals surface area (Å²) in [6, 6.07) is 3.43. The van der Waals surface area contributed by atoms with Crippen LogP contribution in [0.2, 0.25) is 0 Å². The van der Waals surface area contributed by atoms with Crippen molar-refractivity contribution in [3.63, 3.8) is 0 Å². The van der Waals surface area contributed by atoms with Gasteiger partial charge < -0.3 is 5.11 Å². The number of fused-ring (bicyclic) bond motifs is 1. The number of aryl methyl sites for hydroxylation is 1. The van der Waals surface area contributed by atoms with E-state index in [0.29, 0.717) is 16.3 Å². The number of hydrogen-bond acceptors (Lipinski definition) is 4. The summed E-state index contributed by atoms with van der Waals surface area (Å²) in [6.07, 6.45) is 0.842. The number of hydrogen-bond donors (Lipinski definition) is 1. The second kappa shape index (κ2) is 3.73. The zero-order valence-electron chi connectivity index (χ0n) is 9.88. The molecule has 0 aromatic heterocycles. The first-order valence-corrected chi connectivity index (χ1v) is 5.89. The lowest BCUT2D eigenvalue weighted by atomic mass is 10.0. The Balaban J connectivity index is 2.10. The largest absolute Gasteiger partial charge is 0.478 e. The molecule has 1 fully saturated rings. The lowest BCUT2D eigenvalue weighted by Crippen LogP contribution is -2.24. The van der Waals surface area contributed by atoms with Crippen LogP contribution in [0.3, 0.4) is 0 Å². The molecule has 18 heavy (non-hydrogen) atoms. The van der Waals surface area contributed by atoms with Crippen molar-refractivity contribution in [3.8, 4) is 0 Å².